The van der Waals surface area contributed by atoms with Crippen molar-refractivity contribution in [2.24, 2.45) is 0 Å². The number of aryl methyl sites for hydroxylation is 2. The summed E-state index contributed by atoms with van der Waals surface area (Å²) in [4.78, 5) is 5.32. The normalized spacial score (nSPS) is 13.5. The van der Waals surface area contributed by atoms with E-state index in [0.29, 0.717) is 11.1 Å². The molecule has 1 aromatic carbocycles. The summed E-state index contributed by atoms with van der Waals surface area (Å²) in [7, 11) is 1.61. The van der Waals surface area contributed by atoms with Crippen molar-refractivity contribution in [2.75, 3.05) is 7.05 Å². The first-order valence-electron chi connectivity index (χ1n) is 6.21. The highest BCUT2D eigenvalue weighted by Crippen LogP contribution is 2.34. The summed E-state index contributed by atoms with van der Waals surface area (Å²) < 4.78 is 51.9. The van der Waals surface area contributed by atoms with Crippen LogP contribution in [0.5, 0.6) is 0 Å². The monoisotopic (exact) mass is 318 g/mol. The van der Waals surface area contributed by atoms with E-state index < -0.39 is 23.6 Å². The maximum absolute atomic E-state index is 13.5. The van der Waals surface area contributed by atoms with Crippen LogP contribution in [0.2, 0.25) is 0 Å². The number of nitrogens with one attached hydrogen (secondary N) is 1. The largest absolute Gasteiger partial charge is 0.416 e. The third-order valence-corrected chi connectivity index (χ3v) is 4.30. The standard InChI is InChI=1S/C14H14F4N2S/c1-7-8(2)21-13(20-7)12(19-3)9-4-10(14(16,17)18)6-11(15)5-9/h4-6,12,19H,1-3H3. The van der Waals surface area contributed by atoms with Crippen molar-refractivity contribution in [3.05, 3.63) is 50.7 Å². The Labute approximate surface area is 123 Å². The lowest BCUT2D eigenvalue weighted by molar-refractivity contribution is -0.137. The Morgan fingerprint density at radius 1 is 1.19 bits per heavy atom. The van der Waals surface area contributed by atoms with Gasteiger partial charge in [0.25, 0.3) is 0 Å². The van der Waals surface area contributed by atoms with Crippen molar-refractivity contribution >= 4 is 11.3 Å². The molecule has 0 aliphatic carbocycles. The van der Waals surface area contributed by atoms with Crippen molar-refractivity contribution in [1.82, 2.24) is 10.3 Å². The third kappa shape index (κ3) is 3.41. The molecule has 1 unspecified atom stereocenters. The molecule has 1 atom stereocenters. The highest BCUT2D eigenvalue weighted by Gasteiger charge is 2.32. The molecule has 114 valence electrons. The summed E-state index contributed by atoms with van der Waals surface area (Å²) in [6.07, 6.45) is -4.58. The molecule has 2 aromatic rings. The summed E-state index contributed by atoms with van der Waals surface area (Å²) in [6.45, 7) is 3.71. The van der Waals surface area contributed by atoms with Gasteiger partial charge < -0.3 is 5.32 Å². The first-order chi connectivity index (χ1) is 9.72. The third-order valence-electron chi connectivity index (χ3n) is 3.16. The van der Waals surface area contributed by atoms with E-state index in [0.717, 1.165) is 22.7 Å². The molecule has 0 radical (unpaired) electrons. The zero-order chi connectivity index (χ0) is 15.8. The van der Waals surface area contributed by atoms with Crippen LogP contribution in [-0.2, 0) is 6.18 Å². The number of aromatic nitrogens is 1. The van der Waals surface area contributed by atoms with E-state index in [1.165, 1.54) is 11.3 Å². The van der Waals surface area contributed by atoms with Crippen LogP contribution in [0.15, 0.2) is 18.2 Å². The molecule has 0 aliphatic rings. The minimum Gasteiger partial charge on any atom is -0.307 e. The molecule has 0 aliphatic heterocycles. The minimum absolute atomic E-state index is 0.207. The number of alkyl halides is 3. The summed E-state index contributed by atoms with van der Waals surface area (Å²) in [5.74, 6) is -0.912. The minimum atomic E-state index is -4.58. The number of hydrogen-bond acceptors (Lipinski definition) is 3. The number of thiazole rings is 1. The van der Waals surface area contributed by atoms with Crippen molar-refractivity contribution in [2.45, 2.75) is 26.1 Å². The van der Waals surface area contributed by atoms with Crippen LogP contribution in [0.4, 0.5) is 17.6 Å². The van der Waals surface area contributed by atoms with E-state index in [4.69, 9.17) is 0 Å². The fourth-order valence-corrected chi connectivity index (χ4v) is 3.06. The van der Waals surface area contributed by atoms with Crippen molar-refractivity contribution in [1.29, 1.82) is 0 Å². The van der Waals surface area contributed by atoms with Crippen LogP contribution < -0.4 is 5.32 Å². The molecule has 2 rings (SSSR count). The van der Waals surface area contributed by atoms with E-state index in [9.17, 15) is 17.6 Å². The van der Waals surface area contributed by atoms with E-state index in [-0.39, 0.29) is 5.56 Å². The average Bonchev–Trinajstić information content (AvgIpc) is 2.68. The summed E-state index contributed by atoms with van der Waals surface area (Å²) in [5.41, 5.74) is 0.0315. The number of nitrogens with zero attached hydrogens (tertiary/aromatic N) is 1. The number of hydrogen-bond donors (Lipinski definition) is 1. The van der Waals surface area contributed by atoms with Crippen LogP contribution >= 0.6 is 11.3 Å². The smallest absolute Gasteiger partial charge is 0.307 e. The molecule has 1 aromatic heterocycles. The Bertz CT molecular complexity index is 629. The lowest BCUT2D eigenvalue weighted by atomic mass is 10.0. The Morgan fingerprint density at radius 2 is 1.86 bits per heavy atom. The molecule has 0 saturated carbocycles. The highest BCUT2D eigenvalue weighted by atomic mass is 32.1. The molecule has 0 spiro atoms. The van der Waals surface area contributed by atoms with Crippen molar-refractivity contribution < 1.29 is 17.6 Å². The van der Waals surface area contributed by atoms with Crippen LogP contribution in [0.3, 0.4) is 0 Å². The maximum Gasteiger partial charge on any atom is 0.416 e. The number of halogens is 4. The molecule has 7 heteroatoms. The number of benzene rings is 1. The number of rotatable bonds is 3. The lowest BCUT2D eigenvalue weighted by Gasteiger charge is -2.16. The van der Waals surface area contributed by atoms with Gasteiger partial charge in [0.1, 0.15) is 10.8 Å². The first kappa shape index (κ1) is 15.9. The quantitative estimate of drug-likeness (QED) is 0.857. The van der Waals surface area contributed by atoms with Crippen LogP contribution in [0.1, 0.15) is 32.7 Å². The summed E-state index contributed by atoms with van der Waals surface area (Å²) in [6, 6.07) is 1.98. The Kier molecular flexibility index (Phi) is 4.34. The van der Waals surface area contributed by atoms with Gasteiger partial charge in [0, 0.05) is 4.88 Å². The van der Waals surface area contributed by atoms with E-state index >= 15 is 0 Å². The Hall–Kier alpha value is -1.47. The van der Waals surface area contributed by atoms with Gasteiger partial charge in [-0.15, -0.1) is 11.3 Å². The van der Waals surface area contributed by atoms with Gasteiger partial charge in [-0.3, -0.25) is 0 Å². The molecule has 21 heavy (non-hydrogen) atoms. The fourth-order valence-electron chi connectivity index (χ4n) is 2.00. The molecule has 2 nitrogen and oxygen atoms in total. The summed E-state index contributed by atoms with van der Waals surface area (Å²) >= 11 is 1.38. The van der Waals surface area contributed by atoms with Gasteiger partial charge in [-0.05, 0) is 44.7 Å². The van der Waals surface area contributed by atoms with Crippen LogP contribution in [-0.4, -0.2) is 12.0 Å². The second-order valence-electron chi connectivity index (χ2n) is 4.69. The average molecular weight is 318 g/mol. The molecule has 0 bridgehead atoms. The first-order valence-corrected chi connectivity index (χ1v) is 7.03. The second-order valence-corrected chi connectivity index (χ2v) is 5.92. The molecule has 1 heterocycles. The SMILES string of the molecule is CNC(c1cc(F)cc(C(F)(F)F)c1)c1nc(C)c(C)s1. The Balaban J connectivity index is 2.50. The molecule has 0 amide bonds. The topological polar surface area (TPSA) is 24.9 Å². The van der Waals surface area contributed by atoms with Crippen LogP contribution in [0, 0.1) is 19.7 Å². The second kappa shape index (κ2) is 5.73. The zero-order valence-electron chi connectivity index (χ0n) is 11.7. The van der Waals surface area contributed by atoms with Gasteiger partial charge in [0.15, 0.2) is 0 Å². The molecular formula is C14H14F4N2S. The zero-order valence-corrected chi connectivity index (χ0v) is 12.5. The summed E-state index contributed by atoms with van der Waals surface area (Å²) in [5, 5.41) is 3.51. The predicted molar refractivity (Wildman–Crippen MR) is 73.9 cm³/mol. The van der Waals surface area contributed by atoms with Crippen LogP contribution in [0.25, 0.3) is 0 Å². The van der Waals surface area contributed by atoms with Gasteiger partial charge in [-0.1, -0.05) is 0 Å². The van der Waals surface area contributed by atoms with Gasteiger partial charge in [0.2, 0.25) is 0 Å². The Morgan fingerprint density at radius 3 is 2.33 bits per heavy atom. The maximum atomic E-state index is 13.5. The lowest BCUT2D eigenvalue weighted by Crippen LogP contribution is -2.19. The van der Waals surface area contributed by atoms with Gasteiger partial charge >= 0.3 is 6.18 Å². The molecule has 0 fully saturated rings. The fraction of sp³-hybridized carbons (Fsp3) is 0.357. The van der Waals surface area contributed by atoms with Gasteiger partial charge in [-0.25, -0.2) is 9.37 Å². The van der Waals surface area contributed by atoms with Gasteiger partial charge in [0.05, 0.1) is 17.3 Å². The highest BCUT2D eigenvalue weighted by molar-refractivity contribution is 7.11. The van der Waals surface area contributed by atoms with Crippen molar-refractivity contribution in [3.63, 3.8) is 0 Å². The van der Waals surface area contributed by atoms with E-state index in [1.807, 2.05) is 13.8 Å². The molecule has 0 saturated heterocycles. The van der Waals surface area contributed by atoms with Crippen molar-refractivity contribution in [3.8, 4) is 0 Å². The van der Waals surface area contributed by atoms with Gasteiger partial charge in [-0.2, -0.15) is 13.2 Å². The molecule has 1 N–H and O–H groups in total. The molecular weight excluding hydrogens is 304 g/mol. The van der Waals surface area contributed by atoms with E-state index in [1.54, 1.807) is 7.05 Å². The predicted octanol–water partition coefficient (Wildman–Crippen LogP) is 4.23. The van der Waals surface area contributed by atoms with E-state index in [2.05, 4.69) is 10.3 Å².